The van der Waals surface area contributed by atoms with Crippen molar-refractivity contribution in [3.05, 3.63) is 65.5 Å². The van der Waals surface area contributed by atoms with Crippen LogP contribution in [0.4, 0.5) is 17.6 Å². The molecule has 1 amide bonds. The molecular weight excluding hydrogens is 398 g/mol. The highest BCUT2D eigenvalue weighted by Crippen LogP contribution is 2.40. The maximum absolute atomic E-state index is 13.2. The summed E-state index contributed by atoms with van der Waals surface area (Å²) in [6, 6.07) is 12.7. The molecule has 3 unspecified atom stereocenters. The zero-order chi connectivity index (χ0) is 21.7. The number of carbonyl (C=O) groups excluding carboxylic acids is 1. The van der Waals surface area contributed by atoms with Crippen molar-refractivity contribution in [2.45, 2.75) is 44.3 Å². The van der Waals surface area contributed by atoms with E-state index in [2.05, 4.69) is 5.32 Å². The van der Waals surface area contributed by atoms with Gasteiger partial charge in [0.15, 0.2) is 0 Å². The van der Waals surface area contributed by atoms with Gasteiger partial charge in [-0.25, -0.2) is 4.39 Å². The van der Waals surface area contributed by atoms with Gasteiger partial charge in [0, 0.05) is 5.92 Å². The zero-order valence-corrected chi connectivity index (χ0v) is 16.7. The third-order valence-electron chi connectivity index (χ3n) is 5.70. The number of alkyl halides is 3. The van der Waals surface area contributed by atoms with Crippen molar-refractivity contribution in [3.63, 3.8) is 0 Å². The molecule has 30 heavy (non-hydrogen) atoms. The molecule has 0 aliphatic heterocycles. The fraction of sp³-hybridized carbons (Fsp3) is 0.435. The Morgan fingerprint density at radius 2 is 1.77 bits per heavy atom. The molecule has 2 aromatic carbocycles. The second-order valence-electron chi connectivity index (χ2n) is 7.77. The first-order chi connectivity index (χ1) is 14.3. The van der Waals surface area contributed by atoms with Gasteiger partial charge < -0.3 is 10.1 Å². The van der Waals surface area contributed by atoms with E-state index in [0.29, 0.717) is 25.0 Å². The first-order valence-electron chi connectivity index (χ1n) is 10.0. The van der Waals surface area contributed by atoms with Crippen LogP contribution in [-0.4, -0.2) is 19.2 Å². The summed E-state index contributed by atoms with van der Waals surface area (Å²) in [6.45, 7) is 0. The van der Waals surface area contributed by atoms with Crippen LogP contribution in [0.1, 0.15) is 42.9 Å². The average molecular weight is 423 g/mol. The van der Waals surface area contributed by atoms with E-state index < -0.39 is 24.1 Å². The van der Waals surface area contributed by atoms with Gasteiger partial charge in [0.25, 0.3) is 0 Å². The van der Waals surface area contributed by atoms with Gasteiger partial charge in [0.1, 0.15) is 11.6 Å². The molecule has 3 atom stereocenters. The quantitative estimate of drug-likeness (QED) is 0.614. The monoisotopic (exact) mass is 423 g/mol. The van der Waals surface area contributed by atoms with E-state index in [1.54, 1.807) is 31.4 Å². The minimum absolute atomic E-state index is 0.0742. The van der Waals surface area contributed by atoms with Crippen LogP contribution in [0.3, 0.4) is 0 Å². The van der Waals surface area contributed by atoms with Gasteiger partial charge in [-0.05, 0) is 61.1 Å². The molecule has 1 aliphatic rings. The SMILES string of the molecule is COc1ccc(C(Cc2ccc(F)cc2)NC(=O)C2CCCC(C(F)(F)F)C2)cc1. The fourth-order valence-corrected chi connectivity index (χ4v) is 3.96. The lowest BCUT2D eigenvalue weighted by atomic mass is 9.80. The lowest BCUT2D eigenvalue weighted by Crippen LogP contribution is -2.39. The summed E-state index contributed by atoms with van der Waals surface area (Å²) in [5.41, 5.74) is 1.62. The van der Waals surface area contributed by atoms with E-state index in [1.807, 2.05) is 12.1 Å². The Morgan fingerprint density at radius 3 is 2.37 bits per heavy atom. The van der Waals surface area contributed by atoms with E-state index in [0.717, 1.165) is 11.1 Å². The third-order valence-corrected chi connectivity index (χ3v) is 5.70. The number of hydrogen-bond donors (Lipinski definition) is 1. The van der Waals surface area contributed by atoms with Crippen molar-refractivity contribution in [2.75, 3.05) is 7.11 Å². The molecule has 0 radical (unpaired) electrons. The van der Waals surface area contributed by atoms with Crippen LogP contribution in [0.5, 0.6) is 5.75 Å². The molecular formula is C23H25F4NO2. The van der Waals surface area contributed by atoms with Crippen LogP contribution >= 0.6 is 0 Å². The molecule has 0 bridgehead atoms. The summed E-state index contributed by atoms with van der Waals surface area (Å²) < 4.78 is 57.8. The van der Waals surface area contributed by atoms with Crippen LogP contribution in [0.25, 0.3) is 0 Å². The van der Waals surface area contributed by atoms with Gasteiger partial charge >= 0.3 is 6.18 Å². The van der Waals surface area contributed by atoms with Gasteiger partial charge in [0.05, 0.1) is 19.1 Å². The molecule has 0 heterocycles. The molecule has 3 rings (SSSR count). The van der Waals surface area contributed by atoms with Crippen LogP contribution in [0.15, 0.2) is 48.5 Å². The maximum Gasteiger partial charge on any atom is 0.391 e. The Balaban J connectivity index is 1.77. The van der Waals surface area contributed by atoms with Gasteiger partial charge in [-0.2, -0.15) is 13.2 Å². The summed E-state index contributed by atoms with van der Waals surface area (Å²) in [6.07, 6.45) is -3.15. The standard InChI is InChI=1S/C23H25F4NO2/c1-30-20-11-7-16(8-12-20)21(13-15-5-9-19(24)10-6-15)28-22(29)17-3-2-4-18(14-17)23(25,26)27/h5-12,17-18,21H,2-4,13-14H2,1H3,(H,28,29). The summed E-state index contributed by atoms with van der Waals surface area (Å²) in [5.74, 6) is -2.17. The number of amides is 1. The van der Waals surface area contributed by atoms with E-state index in [1.165, 1.54) is 12.1 Å². The number of ether oxygens (including phenoxy) is 1. The molecule has 0 saturated heterocycles. The minimum atomic E-state index is -4.28. The van der Waals surface area contributed by atoms with Crippen LogP contribution in [-0.2, 0) is 11.2 Å². The molecule has 162 valence electrons. The van der Waals surface area contributed by atoms with Crippen molar-refractivity contribution < 1.29 is 27.1 Å². The largest absolute Gasteiger partial charge is 0.497 e. The summed E-state index contributed by atoms with van der Waals surface area (Å²) in [4.78, 5) is 12.9. The predicted molar refractivity (Wildman–Crippen MR) is 105 cm³/mol. The fourth-order valence-electron chi connectivity index (χ4n) is 3.96. The van der Waals surface area contributed by atoms with Crippen LogP contribution < -0.4 is 10.1 Å². The summed E-state index contributed by atoms with van der Waals surface area (Å²) in [5, 5.41) is 2.93. The Morgan fingerprint density at radius 1 is 1.10 bits per heavy atom. The Kier molecular flexibility index (Phi) is 7.00. The van der Waals surface area contributed by atoms with E-state index >= 15 is 0 Å². The number of hydrogen-bond acceptors (Lipinski definition) is 2. The number of halogens is 4. The molecule has 3 nitrogen and oxygen atoms in total. The van der Waals surface area contributed by atoms with Crippen molar-refractivity contribution in [2.24, 2.45) is 11.8 Å². The molecule has 1 N–H and O–H groups in total. The topological polar surface area (TPSA) is 38.3 Å². The van der Waals surface area contributed by atoms with E-state index in [4.69, 9.17) is 4.74 Å². The average Bonchev–Trinajstić information content (AvgIpc) is 2.74. The van der Waals surface area contributed by atoms with Crippen molar-refractivity contribution in [1.29, 1.82) is 0 Å². The van der Waals surface area contributed by atoms with Crippen LogP contribution in [0.2, 0.25) is 0 Å². The van der Waals surface area contributed by atoms with Gasteiger partial charge in [-0.3, -0.25) is 4.79 Å². The smallest absolute Gasteiger partial charge is 0.391 e. The summed E-state index contributed by atoms with van der Waals surface area (Å²) >= 11 is 0. The molecule has 2 aromatic rings. The Hall–Kier alpha value is -2.57. The van der Waals surface area contributed by atoms with Crippen molar-refractivity contribution in [3.8, 4) is 5.75 Å². The number of benzene rings is 2. The molecule has 1 aliphatic carbocycles. The highest BCUT2D eigenvalue weighted by Gasteiger charge is 2.43. The number of nitrogens with one attached hydrogen (secondary N) is 1. The minimum Gasteiger partial charge on any atom is -0.497 e. The van der Waals surface area contributed by atoms with E-state index in [9.17, 15) is 22.4 Å². The number of rotatable bonds is 6. The third kappa shape index (κ3) is 5.74. The van der Waals surface area contributed by atoms with Gasteiger partial charge in [-0.1, -0.05) is 30.7 Å². The Labute approximate surface area is 173 Å². The van der Waals surface area contributed by atoms with Gasteiger partial charge in [-0.15, -0.1) is 0 Å². The lowest BCUT2D eigenvalue weighted by Gasteiger charge is -2.31. The first-order valence-corrected chi connectivity index (χ1v) is 10.0. The lowest BCUT2D eigenvalue weighted by molar-refractivity contribution is -0.186. The molecule has 7 heteroatoms. The summed E-state index contributed by atoms with van der Waals surface area (Å²) in [7, 11) is 1.55. The molecule has 1 saturated carbocycles. The number of carbonyl (C=O) groups is 1. The van der Waals surface area contributed by atoms with E-state index in [-0.39, 0.29) is 24.6 Å². The first kappa shape index (κ1) is 22.1. The zero-order valence-electron chi connectivity index (χ0n) is 16.7. The van der Waals surface area contributed by atoms with Crippen LogP contribution in [0, 0.1) is 17.7 Å². The highest BCUT2D eigenvalue weighted by molar-refractivity contribution is 5.79. The van der Waals surface area contributed by atoms with Crippen molar-refractivity contribution >= 4 is 5.91 Å². The molecule has 0 spiro atoms. The van der Waals surface area contributed by atoms with Gasteiger partial charge in [0.2, 0.25) is 5.91 Å². The second-order valence-corrected chi connectivity index (χ2v) is 7.77. The second kappa shape index (κ2) is 9.49. The number of methoxy groups -OCH3 is 1. The highest BCUT2D eigenvalue weighted by atomic mass is 19.4. The normalized spacial score (nSPS) is 20.4. The molecule has 0 aromatic heterocycles. The maximum atomic E-state index is 13.2. The van der Waals surface area contributed by atoms with Crippen molar-refractivity contribution in [1.82, 2.24) is 5.32 Å². The Bertz CT molecular complexity index is 834. The predicted octanol–water partition coefficient (Wildman–Crippen LogP) is 5.60. The molecule has 1 fully saturated rings.